The summed E-state index contributed by atoms with van der Waals surface area (Å²) in [6, 6.07) is 8.98. The molecule has 0 amide bonds. The number of hydrogen-bond donors (Lipinski definition) is 0. The van der Waals surface area contributed by atoms with Gasteiger partial charge in [0, 0.05) is 11.7 Å². The molecule has 0 fully saturated rings. The van der Waals surface area contributed by atoms with Crippen LogP contribution in [0.15, 0.2) is 29.2 Å². The molecule has 0 bridgehead atoms. The third-order valence-corrected chi connectivity index (χ3v) is 6.61. The van der Waals surface area contributed by atoms with Crippen LogP contribution in [0.1, 0.15) is 40.2 Å². The maximum Gasteiger partial charge on any atom is 0.407 e. The van der Waals surface area contributed by atoms with Crippen molar-refractivity contribution in [1.29, 1.82) is 0 Å². The van der Waals surface area contributed by atoms with Gasteiger partial charge in [0.25, 0.3) is 10.0 Å². The van der Waals surface area contributed by atoms with Gasteiger partial charge in [0.1, 0.15) is 0 Å². The molecule has 0 aliphatic rings. The van der Waals surface area contributed by atoms with E-state index in [-0.39, 0.29) is 18.1 Å². The predicted octanol–water partition coefficient (Wildman–Crippen LogP) is 3.97. The van der Waals surface area contributed by atoms with E-state index in [1.54, 1.807) is 46.8 Å². The second-order valence-corrected chi connectivity index (χ2v) is 9.83. The van der Waals surface area contributed by atoms with E-state index in [1.165, 1.54) is 12.1 Å². The molecule has 0 saturated heterocycles. The van der Waals surface area contributed by atoms with Crippen molar-refractivity contribution in [3.05, 3.63) is 29.8 Å². The quantitative estimate of drug-likeness (QED) is 0.420. The minimum Gasteiger partial charge on any atom is -0.300 e. The summed E-state index contributed by atoms with van der Waals surface area (Å²) in [6.45, 7) is 10.6. The highest BCUT2D eigenvalue weighted by Gasteiger charge is 2.33. The van der Waals surface area contributed by atoms with Crippen LogP contribution in [-0.4, -0.2) is 31.5 Å². The SMILES string of the molecule is CCOP(=O)(C#CN(C(C)(C)C)S(=O)(=O)c1ccc(C)cc1)OCC. The highest BCUT2D eigenvalue weighted by molar-refractivity contribution is 7.89. The summed E-state index contributed by atoms with van der Waals surface area (Å²) in [5.74, 6) is 0. The lowest BCUT2D eigenvalue weighted by Gasteiger charge is -2.31. The third-order valence-electron chi connectivity index (χ3n) is 3.06. The number of hydrogen-bond acceptors (Lipinski definition) is 5. The van der Waals surface area contributed by atoms with Gasteiger partial charge in [0.05, 0.1) is 23.6 Å². The molecule has 0 saturated carbocycles. The molecule has 0 unspecified atom stereocenters. The standard InChI is InChI=1S/C17H26NO5PS/c1-7-22-24(19,23-8-2)14-13-18(17(4,5)6)25(20,21)16-11-9-15(3)10-12-16/h9-12H,7-8H2,1-6H3. The van der Waals surface area contributed by atoms with Crippen molar-refractivity contribution >= 4 is 17.6 Å². The van der Waals surface area contributed by atoms with E-state index in [1.807, 2.05) is 6.92 Å². The molecule has 0 radical (unpaired) electrons. The summed E-state index contributed by atoms with van der Waals surface area (Å²) in [5.41, 5.74) is 2.50. The second kappa shape index (κ2) is 8.37. The van der Waals surface area contributed by atoms with Crippen LogP contribution in [0.3, 0.4) is 0 Å². The summed E-state index contributed by atoms with van der Waals surface area (Å²) < 4.78 is 49.7. The first-order valence-corrected chi connectivity index (χ1v) is 11.0. The molecule has 8 heteroatoms. The average Bonchev–Trinajstić information content (AvgIpc) is 2.46. The fourth-order valence-corrected chi connectivity index (χ4v) is 4.70. The van der Waals surface area contributed by atoms with Gasteiger partial charge in [-0.2, -0.15) is 0 Å². The Balaban J connectivity index is 3.39. The maximum absolute atomic E-state index is 13.0. The van der Waals surface area contributed by atoms with Crippen molar-refractivity contribution < 1.29 is 22.0 Å². The largest absolute Gasteiger partial charge is 0.407 e. The highest BCUT2D eigenvalue weighted by Crippen LogP contribution is 2.46. The van der Waals surface area contributed by atoms with Crippen LogP contribution in [-0.2, 0) is 23.6 Å². The Labute approximate surface area is 151 Å². The van der Waals surface area contributed by atoms with Crippen molar-refractivity contribution in [2.24, 2.45) is 0 Å². The summed E-state index contributed by atoms with van der Waals surface area (Å²) in [7, 11) is -7.58. The normalized spacial score (nSPS) is 12.4. The molecule has 140 valence electrons. The van der Waals surface area contributed by atoms with Crippen LogP contribution in [0.5, 0.6) is 0 Å². The van der Waals surface area contributed by atoms with Crippen LogP contribution in [0.4, 0.5) is 0 Å². The van der Waals surface area contributed by atoms with Crippen molar-refractivity contribution in [3.63, 3.8) is 0 Å². The topological polar surface area (TPSA) is 72.9 Å². The molecular weight excluding hydrogens is 361 g/mol. The lowest BCUT2D eigenvalue weighted by Crippen LogP contribution is -2.42. The fraction of sp³-hybridized carbons (Fsp3) is 0.529. The Morgan fingerprint density at radius 3 is 1.96 bits per heavy atom. The highest BCUT2D eigenvalue weighted by atomic mass is 32.2. The first-order chi connectivity index (χ1) is 11.5. The van der Waals surface area contributed by atoms with Crippen molar-refractivity contribution in [2.75, 3.05) is 13.2 Å². The lowest BCUT2D eigenvalue weighted by atomic mass is 10.1. The Morgan fingerprint density at radius 1 is 1.08 bits per heavy atom. The lowest BCUT2D eigenvalue weighted by molar-refractivity contribution is 0.230. The fourth-order valence-electron chi connectivity index (χ4n) is 1.95. The van der Waals surface area contributed by atoms with Gasteiger partial charge in [-0.3, -0.25) is 9.05 Å². The number of sulfonamides is 1. The molecule has 6 nitrogen and oxygen atoms in total. The summed E-state index contributed by atoms with van der Waals surface area (Å²) in [5, 5.41) is 0. The average molecular weight is 387 g/mol. The smallest absolute Gasteiger partial charge is 0.300 e. The van der Waals surface area contributed by atoms with Crippen molar-refractivity contribution in [3.8, 4) is 11.7 Å². The maximum atomic E-state index is 13.0. The number of benzene rings is 1. The number of rotatable bonds is 6. The van der Waals surface area contributed by atoms with Gasteiger partial charge in [0.15, 0.2) is 0 Å². The van der Waals surface area contributed by atoms with E-state index in [0.717, 1.165) is 9.87 Å². The summed E-state index contributed by atoms with van der Waals surface area (Å²) in [4.78, 5) is 0.116. The van der Waals surface area contributed by atoms with E-state index in [0.29, 0.717) is 0 Å². The zero-order valence-corrected chi connectivity index (χ0v) is 17.3. The van der Waals surface area contributed by atoms with Gasteiger partial charge in [-0.1, -0.05) is 17.7 Å². The van der Waals surface area contributed by atoms with Crippen molar-refractivity contribution in [1.82, 2.24) is 4.31 Å². The Hall–Kier alpha value is -1.32. The van der Waals surface area contributed by atoms with Gasteiger partial charge in [-0.25, -0.2) is 17.3 Å². The molecule has 0 N–H and O–H groups in total. The van der Waals surface area contributed by atoms with Crippen molar-refractivity contribution in [2.45, 2.75) is 52.0 Å². The molecule has 25 heavy (non-hydrogen) atoms. The van der Waals surface area contributed by atoms with Gasteiger partial charge < -0.3 is 0 Å². The molecule has 0 aliphatic heterocycles. The van der Waals surface area contributed by atoms with E-state index >= 15 is 0 Å². The molecule has 1 aromatic rings. The van der Waals surface area contributed by atoms with Crippen LogP contribution in [0.2, 0.25) is 0 Å². The Morgan fingerprint density at radius 2 is 1.56 bits per heavy atom. The summed E-state index contributed by atoms with van der Waals surface area (Å²) in [6.07, 6.45) is 0. The van der Waals surface area contributed by atoms with Crippen LogP contribution in [0.25, 0.3) is 0 Å². The number of aryl methyl sites for hydroxylation is 1. The molecule has 1 rings (SSSR count). The molecule has 0 aromatic heterocycles. The Kier molecular flexibility index (Phi) is 7.28. The molecule has 0 atom stereocenters. The molecule has 1 aromatic carbocycles. The van der Waals surface area contributed by atoms with E-state index in [4.69, 9.17) is 9.05 Å². The molecular formula is C17H26NO5PS. The van der Waals surface area contributed by atoms with Crippen LogP contribution >= 0.6 is 7.60 Å². The molecule has 0 heterocycles. The number of nitrogens with zero attached hydrogens (tertiary/aromatic N) is 1. The van der Waals surface area contributed by atoms with E-state index in [2.05, 4.69) is 11.7 Å². The van der Waals surface area contributed by atoms with E-state index in [9.17, 15) is 13.0 Å². The first kappa shape index (κ1) is 21.7. The van der Waals surface area contributed by atoms with Gasteiger partial charge in [0.2, 0.25) is 0 Å². The summed E-state index contributed by atoms with van der Waals surface area (Å²) >= 11 is 0. The predicted molar refractivity (Wildman–Crippen MR) is 98.6 cm³/mol. The Bertz CT molecular complexity index is 775. The minimum absolute atomic E-state index is 0.116. The minimum atomic E-state index is -3.90. The van der Waals surface area contributed by atoms with Crippen LogP contribution < -0.4 is 0 Å². The van der Waals surface area contributed by atoms with Gasteiger partial charge >= 0.3 is 7.60 Å². The molecule has 0 aliphatic carbocycles. The zero-order chi connectivity index (χ0) is 19.3. The van der Waals surface area contributed by atoms with E-state index < -0.39 is 23.2 Å². The first-order valence-electron chi connectivity index (χ1n) is 8.00. The zero-order valence-electron chi connectivity index (χ0n) is 15.6. The van der Waals surface area contributed by atoms with Crippen LogP contribution in [0, 0.1) is 18.6 Å². The third kappa shape index (κ3) is 5.86. The monoisotopic (exact) mass is 387 g/mol. The second-order valence-electron chi connectivity index (χ2n) is 6.31. The van der Waals surface area contributed by atoms with Gasteiger partial charge in [-0.05, 0) is 53.7 Å². The van der Waals surface area contributed by atoms with Gasteiger partial charge in [-0.15, -0.1) is 0 Å². The molecule has 0 spiro atoms.